The Morgan fingerprint density at radius 3 is 1.96 bits per heavy atom. The number of hydrogen-bond acceptors (Lipinski definition) is 4. The zero-order valence-corrected chi connectivity index (χ0v) is 18.6. The molecule has 0 aliphatic heterocycles. The fourth-order valence-corrected chi connectivity index (χ4v) is 4.38. The van der Waals surface area contributed by atoms with E-state index in [0.717, 1.165) is 12.1 Å². The maximum atomic E-state index is 12.5. The van der Waals surface area contributed by atoms with E-state index in [1.807, 2.05) is 27.1 Å². The zero-order valence-electron chi connectivity index (χ0n) is 18.6. The van der Waals surface area contributed by atoms with Gasteiger partial charge in [0.1, 0.15) is 0 Å². The van der Waals surface area contributed by atoms with Gasteiger partial charge in [-0.15, -0.1) is 5.10 Å². The van der Waals surface area contributed by atoms with E-state index in [2.05, 4.69) is 51.9 Å². The van der Waals surface area contributed by atoms with Crippen molar-refractivity contribution in [1.82, 2.24) is 19.9 Å². The molecule has 0 bridgehead atoms. The zero-order chi connectivity index (χ0) is 20.6. The van der Waals surface area contributed by atoms with Crippen LogP contribution in [-0.4, -0.2) is 51.1 Å². The van der Waals surface area contributed by atoms with Crippen LogP contribution in [0.2, 0.25) is 0 Å². The lowest BCUT2D eigenvalue weighted by Gasteiger charge is -2.43. The Kier molecular flexibility index (Phi) is 6.34. The molecular weight excluding hydrogens is 328 g/mol. The Hall–Kier alpha value is -1.43. The quantitative estimate of drug-likeness (QED) is 0.706. The molecule has 0 fully saturated rings. The molecule has 0 N–H and O–H groups in total. The Labute approximate surface area is 159 Å². The predicted molar refractivity (Wildman–Crippen MR) is 105 cm³/mol. The van der Waals surface area contributed by atoms with Crippen molar-refractivity contribution in [2.75, 3.05) is 14.1 Å². The summed E-state index contributed by atoms with van der Waals surface area (Å²) in [5, 5.41) is 8.33. The first-order valence-electron chi connectivity index (χ1n) is 9.26. The number of amides is 1. The van der Waals surface area contributed by atoms with Crippen LogP contribution >= 0.6 is 0 Å². The van der Waals surface area contributed by atoms with E-state index in [1.165, 1.54) is 0 Å². The van der Waals surface area contributed by atoms with Crippen molar-refractivity contribution in [2.45, 2.75) is 84.8 Å². The molecule has 0 saturated carbocycles. The normalized spacial score (nSPS) is 13.8. The van der Waals surface area contributed by atoms with Gasteiger partial charge in [0.2, 0.25) is 5.91 Å². The van der Waals surface area contributed by atoms with E-state index < -0.39 is 11.0 Å². The van der Waals surface area contributed by atoms with Gasteiger partial charge >= 0.3 is 0 Å². The van der Waals surface area contributed by atoms with E-state index in [-0.39, 0.29) is 16.9 Å². The van der Waals surface area contributed by atoms with E-state index in [0.29, 0.717) is 6.42 Å². The standard InChI is InChI=1S/C20H38N4O2/c1-17(2,15-12-24(11)22-21-15)13-19(5,6)26-20(7,8)14-18(3,4)16(25)23(9)10/h12H,13-14H2,1-11H3. The first kappa shape index (κ1) is 22.6. The molecule has 0 atom stereocenters. The van der Waals surface area contributed by atoms with Gasteiger partial charge in [-0.3, -0.25) is 9.48 Å². The van der Waals surface area contributed by atoms with Crippen molar-refractivity contribution < 1.29 is 9.53 Å². The van der Waals surface area contributed by atoms with Crippen LogP contribution < -0.4 is 0 Å². The summed E-state index contributed by atoms with van der Waals surface area (Å²) >= 11 is 0. The highest BCUT2D eigenvalue weighted by atomic mass is 16.5. The molecule has 1 heterocycles. The fraction of sp³-hybridized carbons (Fsp3) is 0.850. The number of aryl methyl sites for hydroxylation is 1. The molecule has 0 unspecified atom stereocenters. The second kappa shape index (κ2) is 7.29. The molecule has 6 nitrogen and oxygen atoms in total. The molecule has 6 heteroatoms. The summed E-state index contributed by atoms with van der Waals surface area (Å²) in [7, 11) is 5.47. The van der Waals surface area contributed by atoms with Crippen molar-refractivity contribution in [3.63, 3.8) is 0 Å². The highest BCUT2D eigenvalue weighted by Crippen LogP contribution is 2.39. The van der Waals surface area contributed by atoms with Gasteiger partial charge in [0.15, 0.2) is 0 Å². The predicted octanol–water partition coefficient (Wildman–Crippen LogP) is 3.56. The third-order valence-corrected chi connectivity index (χ3v) is 4.57. The van der Waals surface area contributed by atoms with Crippen LogP contribution in [0.3, 0.4) is 0 Å². The molecule has 26 heavy (non-hydrogen) atoms. The fourth-order valence-electron chi connectivity index (χ4n) is 4.38. The molecule has 0 aliphatic rings. The molecule has 0 aliphatic carbocycles. The molecule has 0 aromatic carbocycles. The van der Waals surface area contributed by atoms with Crippen molar-refractivity contribution in [1.29, 1.82) is 0 Å². The molecule has 0 saturated heterocycles. The first-order chi connectivity index (χ1) is 11.5. The maximum Gasteiger partial charge on any atom is 0.227 e. The lowest BCUT2D eigenvalue weighted by atomic mass is 9.77. The summed E-state index contributed by atoms with van der Waals surface area (Å²) in [6.07, 6.45) is 3.40. The van der Waals surface area contributed by atoms with Gasteiger partial charge in [-0.25, -0.2) is 0 Å². The number of carbonyl (C=O) groups is 1. The van der Waals surface area contributed by atoms with Crippen LogP contribution in [0.25, 0.3) is 0 Å². The van der Waals surface area contributed by atoms with Crippen molar-refractivity contribution in [3.05, 3.63) is 11.9 Å². The number of carbonyl (C=O) groups excluding carboxylic acids is 1. The van der Waals surface area contributed by atoms with Crippen LogP contribution in [0.1, 0.15) is 73.9 Å². The highest BCUT2D eigenvalue weighted by molar-refractivity contribution is 5.81. The molecule has 1 rings (SSSR count). The second-order valence-corrected chi connectivity index (χ2v) is 10.2. The van der Waals surface area contributed by atoms with Gasteiger partial charge in [-0.05, 0) is 40.5 Å². The molecule has 0 spiro atoms. The minimum Gasteiger partial charge on any atom is -0.370 e. The third-order valence-electron chi connectivity index (χ3n) is 4.57. The van der Waals surface area contributed by atoms with Crippen molar-refractivity contribution in [2.24, 2.45) is 12.5 Å². The van der Waals surface area contributed by atoms with Gasteiger partial charge in [0.05, 0.1) is 16.9 Å². The Morgan fingerprint density at radius 1 is 1.04 bits per heavy atom. The maximum absolute atomic E-state index is 12.5. The highest BCUT2D eigenvalue weighted by Gasteiger charge is 2.41. The summed E-state index contributed by atoms with van der Waals surface area (Å²) in [5.41, 5.74) is -0.497. The Balaban J connectivity index is 2.88. The minimum atomic E-state index is -0.483. The van der Waals surface area contributed by atoms with Gasteiger partial charge in [-0.2, -0.15) is 0 Å². The van der Waals surface area contributed by atoms with E-state index in [9.17, 15) is 4.79 Å². The number of aromatic nitrogens is 3. The van der Waals surface area contributed by atoms with Crippen molar-refractivity contribution in [3.8, 4) is 0 Å². The first-order valence-corrected chi connectivity index (χ1v) is 9.26. The molecular formula is C20H38N4O2. The average molecular weight is 367 g/mol. The van der Waals surface area contributed by atoms with Crippen LogP contribution in [0, 0.1) is 5.41 Å². The average Bonchev–Trinajstić information content (AvgIpc) is 2.80. The summed E-state index contributed by atoms with van der Waals surface area (Å²) < 4.78 is 8.26. The molecule has 1 amide bonds. The lowest BCUT2D eigenvalue weighted by molar-refractivity contribution is -0.160. The van der Waals surface area contributed by atoms with Crippen LogP contribution in [0.5, 0.6) is 0 Å². The van der Waals surface area contributed by atoms with Gasteiger partial charge < -0.3 is 9.64 Å². The van der Waals surface area contributed by atoms with E-state index in [1.54, 1.807) is 23.7 Å². The number of rotatable bonds is 8. The second-order valence-electron chi connectivity index (χ2n) is 10.2. The molecule has 0 radical (unpaired) electrons. The number of nitrogens with zero attached hydrogens (tertiary/aromatic N) is 4. The lowest BCUT2D eigenvalue weighted by Crippen LogP contribution is -2.46. The molecule has 150 valence electrons. The van der Waals surface area contributed by atoms with Crippen molar-refractivity contribution >= 4 is 5.91 Å². The van der Waals surface area contributed by atoms with Gasteiger partial charge in [0.25, 0.3) is 0 Å². The smallest absolute Gasteiger partial charge is 0.227 e. The largest absolute Gasteiger partial charge is 0.370 e. The topological polar surface area (TPSA) is 60.2 Å². The number of hydrogen-bond donors (Lipinski definition) is 0. The minimum absolute atomic E-state index is 0.117. The molecule has 1 aromatic rings. The Morgan fingerprint density at radius 2 is 1.54 bits per heavy atom. The summed E-state index contributed by atoms with van der Waals surface area (Å²) in [6.45, 7) is 16.6. The molecule has 1 aromatic heterocycles. The van der Waals surface area contributed by atoms with Gasteiger partial charge in [0, 0.05) is 38.2 Å². The number of ether oxygens (including phenoxy) is 1. The van der Waals surface area contributed by atoms with Gasteiger partial charge in [-0.1, -0.05) is 32.9 Å². The Bertz CT molecular complexity index is 628. The summed E-state index contributed by atoms with van der Waals surface area (Å²) in [5.74, 6) is 0.117. The van der Waals surface area contributed by atoms with Crippen LogP contribution in [0.4, 0.5) is 0 Å². The van der Waals surface area contributed by atoms with Crippen LogP contribution in [0.15, 0.2) is 6.20 Å². The third kappa shape index (κ3) is 6.08. The van der Waals surface area contributed by atoms with E-state index in [4.69, 9.17) is 4.74 Å². The summed E-state index contributed by atoms with van der Waals surface area (Å²) in [4.78, 5) is 14.1. The monoisotopic (exact) mass is 366 g/mol. The SMILES string of the molecule is CN(C)C(=O)C(C)(C)CC(C)(C)OC(C)(C)CC(C)(C)c1cn(C)nn1. The summed E-state index contributed by atoms with van der Waals surface area (Å²) in [6, 6.07) is 0. The van der Waals surface area contributed by atoms with Crippen LogP contribution in [-0.2, 0) is 22.0 Å². The van der Waals surface area contributed by atoms with E-state index >= 15 is 0 Å².